The number of carbonyl (C=O) groups excluding carboxylic acids is 1. The summed E-state index contributed by atoms with van der Waals surface area (Å²) in [7, 11) is 0. The molecule has 1 aromatic heterocycles. The SMILES string of the molecule is Cc1cc(C=O)cnc1Oc1ccc2ccccc2c1. The first-order valence-corrected chi connectivity index (χ1v) is 6.35. The molecule has 0 radical (unpaired) electrons. The normalized spacial score (nSPS) is 10.4. The summed E-state index contributed by atoms with van der Waals surface area (Å²) in [5, 5.41) is 2.29. The molecule has 2 aromatic carbocycles. The van der Waals surface area contributed by atoms with Crippen molar-refractivity contribution in [2.24, 2.45) is 0 Å². The predicted molar refractivity (Wildman–Crippen MR) is 78.4 cm³/mol. The molecule has 0 N–H and O–H groups in total. The molecule has 0 aliphatic heterocycles. The number of hydrogen-bond donors (Lipinski definition) is 0. The van der Waals surface area contributed by atoms with Crippen LogP contribution in [0.25, 0.3) is 10.8 Å². The van der Waals surface area contributed by atoms with E-state index in [0.29, 0.717) is 11.4 Å². The molecule has 0 spiro atoms. The van der Waals surface area contributed by atoms with E-state index in [2.05, 4.69) is 11.1 Å². The quantitative estimate of drug-likeness (QED) is 0.666. The van der Waals surface area contributed by atoms with Crippen LogP contribution in [0, 0.1) is 6.92 Å². The summed E-state index contributed by atoms with van der Waals surface area (Å²) in [5.74, 6) is 1.25. The third kappa shape index (κ3) is 2.38. The van der Waals surface area contributed by atoms with Gasteiger partial charge in [-0.15, -0.1) is 0 Å². The molecular weight excluding hydrogens is 250 g/mol. The molecule has 0 amide bonds. The minimum atomic E-state index is 0.519. The highest BCUT2D eigenvalue weighted by molar-refractivity contribution is 5.83. The number of hydrogen-bond acceptors (Lipinski definition) is 3. The van der Waals surface area contributed by atoms with E-state index < -0.39 is 0 Å². The van der Waals surface area contributed by atoms with Crippen LogP contribution in [0.1, 0.15) is 15.9 Å². The fourth-order valence-electron chi connectivity index (χ4n) is 2.10. The zero-order chi connectivity index (χ0) is 13.9. The molecule has 3 heteroatoms. The molecule has 20 heavy (non-hydrogen) atoms. The zero-order valence-corrected chi connectivity index (χ0v) is 11.0. The Morgan fingerprint density at radius 2 is 1.85 bits per heavy atom. The first-order chi connectivity index (χ1) is 9.76. The highest BCUT2D eigenvalue weighted by atomic mass is 16.5. The van der Waals surface area contributed by atoms with E-state index in [0.717, 1.165) is 23.0 Å². The van der Waals surface area contributed by atoms with Crippen LogP contribution < -0.4 is 4.74 Å². The molecule has 0 aliphatic rings. The summed E-state index contributed by atoms with van der Waals surface area (Å²) in [6.07, 6.45) is 2.29. The Kier molecular flexibility index (Phi) is 3.17. The van der Waals surface area contributed by atoms with Crippen molar-refractivity contribution in [3.8, 4) is 11.6 Å². The van der Waals surface area contributed by atoms with E-state index in [1.54, 1.807) is 6.07 Å². The number of carbonyl (C=O) groups is 1. The molecule has 3 aromatic rings. The summed E-state index contributed by atoms with van der Waals surface area (Å²) < 4.78 is 5.79. The van der Waals surface area contributed by atoms with Gasteiger partial charge in [0.05, 0.1) is 0 Å². The lowest BCUT2D eigenvalue weighted by atomic mass is 10.1. The summed E-state index contributed by atoms with van der Waals surface area (Å²) in [4.78, 5) is 14.9. The van der Waals surface area contributed by atoms with Crippen molar-refractivity contribution in [3.05, 3.63) is 65.9 Å². The third-order valence-corrected chi connectivity index (χ3v) is 3.12. The van der Waals surface area contributed by atoms with Crippen LogP contribution in [0.15, 0.2) is 54.7 Å². The maximum atomic E-state index is 10.7. The van der Waals surface area contributed by atoms with Gasteiger partial charge in [-0.25, -0.2) is 4.98 Å². The van der Waals surface area contributed by atoms with Gasteiger partial charge in [0.2, 0.25) is 5.88 Å². The number of pyridine rings is 1. The Balaban J connectivity index is 1.94. The van der Waals surface area contributed by atoms with Crippen molar-refractivity contribution < 1.29 is 9.53 Å². The van der Waals surface area contributed by atoms with Gasteiger partial charge in [-0.3, -0.25) is 4.79 Å². The van der Waals surface area contributed by atoms with Crippen LogP contribution in [0.2, 0.25) is 0 Å². The second kappa shape index (κ2) is 5.13. The van der Waals surface area contributed by atoms with Crippen LogP contribution in [0.4, 0.5) is 0 Å². The number of aryl methyl sites for hydroxylation is 1. The van der Waals surface area contributed by atoms with Gasteiger partial charge in [0.1, 0.15) is 5.75 Å². The van der Waals surface area contributed by atoms with Gasteiger partial charge in [0.15, 0.2) is 6.29 Å². The van der Waals surface area contributed by atoms with Crippen LogP contribution in [0.3, 0.4) is 0 Å². The van der Waals surface area contributed by atoms with Gasteiger partial charge >= 0.3 is 0 Å². The summed E-state index contributed by atoms with van der Waals surface area (Å²) in [6, 6.07) is 15.8. The molecule has 0 atom stereocenters. The number of benzene rings is 2. The topological polar surface area (TPSA) is 39.2 Å². The van der Waals surface area contributed by atoms with Gasteiger partial charge in [0, 0.05) is 17.3 Å². The Labute approximate surface area is 116 Å². The lowest BCUT2D eigenvalue weighted by Crippen LogP contribution is -1.93. The molecule has 0 saturated carbocycles. The highest BCUT2D eigenvalue weighted by Crippen LogP contribution is 2.26. The van der Waals surface area contributed by atoms with E-state index >= 15 is 0 Å². The van der Waals surface area contributed by atoms with E-state index in [-0.39, 0.29) is 0 Å². The van der Waals surface area contributed by atoms with E-state index in [1.165, 1.54) is 11.6 Å². The van der Waals surface area contributed by atoms with Crippen molar-refractivity contribution in [1.29, 1.82) is 0 Å². The number of aromatic nitrogens is 1. The van der Waals surface area contributed by atoms with Gasteiger partial charge < -0.3 is 4.74 Å². The molecule has 0 fully saturated rings. The zero-order valence-electron chi connectivity index (χ0n) is 11.0. The monoisotopic (exact) mass is 263 g/mol. The second-order valence-corrected chi connectivity index (χ2v) is 4.62. The Morgan fingerprint density at radius 1 is 1.05 bits per heavy atom. The Hall–Kier alpha value is -2.68. The number of nitrogens with zero attached hydrogens (tertiary/aromatic N) is 1. The Morgan fingerprint density at radius 3 is 2.60 bits per heavy atom. The maximum Gasteiger partial charge on any atom is 0.222 e. The fourth-order valence-corrected chi connectivity index (χ4v) is 2.10. The summed E-state index contributed by atoms with van der Waals surface area (Å²) >= 11 is 0. The van der Waals surface area contributed by atoms with Crippen molar-refractivity contribution in [1.82, 2.24) is 4.98 Å². The molecule has 3 rings (SSSR count). The number of aldehydes is 1. The van der Waals surface area contributed by atoms with Gasteiger partial charge in [-0.05, 0) is 35.9 Å². The van der Waals surface area contributed by atoms with Crippen LogP contribution in [-0.4, -0.2) is 11.3 Å². The van der Waals surface area contributed by atoms with Crippen LogP contribution in [0.5, 0.6) is 11.6 Å². The first kappa shape index (κ1) is 12.4. The number of ether oxygens (including phenoxy) is 1. The van der Waals surface area contributed by atoms with E-state index in [1.807, 2.05) is 43.3 Å². The van der Waals surface area contributed by atoms with Crippen molar-refractivity contribution in [3.63, 3.8) is 0 Å². The van der Waals surface area contributed by atoms with Gasteiger partial charge in [0.25, 0.3) is 0 Å². The minimum absolute atomic E-state index is 0.519. The van der Waals surface area contributed by atoms with Gasteiger partial charge in [-0.1, -0.05) is 30.3 Å². The Bertz CT molecular complexity index is 781. The number of fused-ring (bicyclic) bond motifs is 1. The second-order valence-electron chi connectivity index (χ2n) is 4.62. The highest BCUT2D eigenvalue weighted by Gasteiger charge is 2.05. The molecule has 0 unspecified atom stereocenters. The third-order valence-electron chi connectivity index (χ3n) is 3.12. The van der Waals surface area contributed by atoms with Gasteiger partial charge in [-0.2, -0.15) is 0 Å². The van der Waals surface area contributed by atoms with E-state index in [9.17, 15) is 4.79 Å². The molecular formula is C17H13NO2. The van der Waals surface area contributed by atoms with Crippen molar-refractivity contribution in [2.45, 2.75) is 6.92 Å². The smallest absolute Gasteiger partial charge is 0.222 e. The maximum absolute atomic E-state index is 10.7. The molecule has 0 bridgehead atoms. The average Bonchev–Trinajstić information content (AvgIpc) is 2.49. The average molecular weight is 263 g/mol. The molecule has 98 valence electrons. The lowest BCUT2D eigenvalue weighted by Gasteiger charge is -2.08. The van der Waals surface area contributed by atoms with Crippen LogP contribution >= 0.6 is 0 Å². The van der Waals surface area contributed by atoms with Crippen molar-refractivity contribution in [2.75, 3.05) is 0 Å². The minimum Gasteiger partial charge on any atom is -0.439 e. The summed E-state index contributed by atoms with van der Waals surface area (Å²) in [5.41, 5.74) is 1.39. The summed E-state index contributed by atoms with van der Waals surface area (Å²) in [6.45, 7) is 1.87. The lowest BCUT2D eigenvalue weighted by molar-refractivity contribution is 0.112. The molecule has 3 nitrogen and oxygen atoms in total. The number of rotatable bonds is 3. The van der Waals surface area contributed by atoms with Crippen LogP contribution in [-0.2, 0) is 0 Å². The fraction of sp³-hybridized carbons (Fsp3) is 0.0588. The van der Waals surface area contributed by atoms with Crippen molar-refractivity contribution >= 4 is 17.1 Å². The first-order valence-electron chi connectivity index (χ1n) is 6.35. The predicted octanol–water partition coefficient (Wildman–Crippen LogP) is 4.15. The van der Waals surface area contributed by atoms with E-state index in [4.69, 9.17) is 4.74 Å². The molecule has 0 aliphatic carbocycles. The standard InChI is InChI=1S/C17H13NO2/c1-12-8-13(11-19)10-18-17(12)20-16-7-6-14-4-2-3-5-15(14)9-16/h2-11H,1H3. The molecule has 1 heterocycles. The molecule has 0 saturated heterocycles. The largest absolute Gasteiger partial charge is 0.439 e.